The quantitative estimate of drug-likeness (QED) is 0.0992. The first-order chi connectivity index (χ1) is 22.0. The maximum atomic E-state index is 10.0. The number of imidazole rings is 1. The van der Waals surface area contributed by atoms with Crippen LogP contribution in [0.1, 0.15) is 89.8 Å². The molecule has 0 saturated carbocycles. The monoisotopic (exact) mass is 820 g/mol. The Kier molecular flexibility index (Phi) is 11.8. The number of hydrogen-bond donors (Lipinski definition) is 1. The van der Waals surface area contributed by atoms with E-state index in [1.807, 2.05) is 0 Å². The van der Waals surface area contributed by atoms with Crippen molar-refractivity contribution in [2.75, 3.05) is 0 Å². The third-order valence-electron chi connectivity index (χ3n) is 8.14. The Morgan fingerprint density at radius 2 is 1.43 bits per heavy atom. The predicted octanol–water partition coefficient (Wildman–Crippen LogP) is 11.8. The molecule has 0 bridgehead atoms. The van der Waals surface area contributed by atoms with Crippen LogP contribution in [0.25, 0.3) is 49.3 Å². The number of para-hydroxylation sites is 2. The van der Waals surface area contributed by atoms with Gasteiger partial charge >= 0.3 is 0 Å². The molecule has 0 unspecified atom stereocenters. The van der Waals surface area contributed by atoms with Crippen LogP contribution >= 0.6 is 11.3 Å². The summed E-state index contributed by atoms with van der Waals surface area (Å²) in [6.07, 6.45) is 1.17. The number of aromatic nitrogens is 2. The fraction of sp³-hybridized carbons (Fsp3) is 0.268. The van der Waals surface area contributed by atoms with Crippen LogP contribution in [0, 0.1) is 5.38 Å². The summed E-state index contributed by atoms with van der Waals surface area (Å²) >= 11 is 1.69. The van der Waals surface area contributed by atoms with Gasteiger partial charge in [0.2, 0.25) is 0 Å². The molecule has 0 fully saturated rings. The third kappa shape index (κ3) is 7.84. The van der Waals surface area contributed by atoms with E-state index in [0.29, 0.717) is 17.8 Å². The number of nitrogens with zero attached hydrogens (tertiary/aromatic N) is 2. The van der Waals surface area contributed by atoms with E-state index < -0.39 is 0 Å². The maximum absolute atomic E-state index is 10.0. The normalized spacial score (nSPS) is 11.7. The minimum Gasteiger partial charge on any atom is -0.512 e. The molecule has 47 heavy (non-hydrogen) atoms. The van der Waals surface area contributed by atoms with Gasteiger partial charge in [-0.15, -0.1) is 11.5 Å². The van der Waals surface area contributed by atoms with Crippen LogP contribution in [0.15, 0.2) is 96.8 Å². The zero-order valence-corrected chi connectivity index (χ0v) is 31.6. The van der Waals surface area contributed by atoms with Gasteiger partial charge in [-0.25, -0.2) is 0 Å². The number of aliphatic hydroxyl groups excluding tert-OH is 1. The number of carbonyl (C=O) groups excluding carboxylic acids is 1. The Morgan fingerprint density at radius 1 is 0.809 bits per heavy atom. The van der Waals surface area contributed by atoms with Crippen LogP contribution in [0.4, 0.5) is 0 Å². The van der Waals surface area contributed by atoms with Crippen LogP contribution < -0.4 is 0 Å². The van der Waals surface area contributed by atoms with Crippen LogP contribution in [-0.4, -0.2) is 20.4 Å². The van der Waals surface area contributed by atoms with E-state index >= 15 is 0 Å². The molecule has 6 aromatic rings. The first-order valence-electron chi connectivity index (χ1n) is 16.0. The summed E-state index contributed by atoms with van der Waals surface area (Å²) in [4.78, 5) is 15.3. The van der Waals surface area contributed by atoms with Gasteiger partial charge in [0, 0.05) is 31.9 Å². The zero-order chi connectivity index (χ0) is 33.1. The number of hydrogen-bond acceptors (Lipinski definition) is 4. The molecule has 1 N–H and O–H groups in total. The molecule has 2 heterocycles. The molecule has 2 aromatic heterocycles. The summed E-state index contributed by atoms with van der Waals surface area (Å²) in [7, 11) is 0. The summed E-state index contributed by atoms with van der Waals surface area (Å²) in [5, 5.41) is 13.3. The maximum Gasteiger partial charge on any atom is 0.155 e. The predicted molar refractivity (Wildman–Crippen MR) is 195 cm³/mol. The first kappa shape index (κ1) is 36.0. The van der Waals surface area contributed by atoms with Gasteiger partial charge in [-0.1, -0.05) is 117 Å². The number of ketones is 1. The Balaban J connectivity index is 0.000000565. The smallest absolute Gasteiger partial charge is 0.155 e. The van der Waals surface area contributed by atoms with Crippen LogP contribution in [0.5, 0.6) is 0 Å². The molecule has 0 aliphatic carbocycles. The molecule has 0 aliphatic heterocycles. The van der Waals surface area contributed by atoms with Crippen molar-refractivity contribution >= 4 is 38.2 Å². The topological polar surface area (TPSA) is 55.1 Å². The number of rotatable bonds is 7. The Bertz CT molecular complexity index is 2000. The van der Waals surface area contributed by atoms with Crippen LogP contribution in [0.2, 0.25) is 0 Å². The molecule has 0 aliphatic rings. The van der Waals surface area contributed by atoms with Gasteiger partial charge < -0.3 is 9.67 Å². The van der Waals surface area contributed by atoms with Gasteiger partial charge in [-0.2, -0.15) is 0 Å². The van der Waals surface area contributed by atoms with Crippen molar-refractivity contribution in [3.8, 4) is 28.2 Å². The van der Waals surface area contributed by atoms with E-state index in [2.05, 4.69) is 136 Å². The number of thiophene rings is 1. The van der Waals surface area contributed by atoms with E-state index in [4.69, 9.17) is 10.1 Å². The summed E-state index contributed by atoms with van der Waals surface area (Å²) in [5.74, 6) is 2.05. The van der Waals surface area contributed by atoms with Gasteiger partial charge in [0.25, 0.3) is 0 Å². The molecular formula is C41H43IrN2O2S-. The second kappa shape index (κ2) is 15.4. The molecule has 0 atom stereocenters. The summed E-state index contributed by atoms with van der Waals surface area (Å²) in [5.41, 5.74) is 11.0. The standard InChI is InChI=1S/C36H35N2S.C5H8O2.Ir/c1-22(2)26-16-17-34-30(18-26)31(21-39-34)36-37-32-14-10-11-15-33(32)38(36)35-28(23(3)4)19-27(20-29(35)24(5)6)25-12-8-7-9-13-25;1-4(6)3-5(2)7;/h7-20,22-24H,1-6H3;3,6H,1-2H3;/q-1;;/b;4-3-;. The molecule has 1 radical (unpaired) electrons. The van der Waals surface area contributed by atoms with E-state index in [1.165, 1.54) is 63.5 Å². The molecule has 4 nitrogen and oxygen atoms in total. The number of aliphatic hydroxyl groups is 1. The number of benzene rings is 4. The van der Waals surface area contributed by atoms with Crippen molar-refractivity contribution in [1.82, 2.24) is 9.55 Å². The summed E-state index contributed by atoms with van der Waals surface area (Å²) in [6.45, 7) is 16.6. The van der Waals surface area contributed by atoms with Gasteiger partial charge in [0.15, 0.2) is 5.78 Å². The van der Waals surface area contributed by atoms with Gasteiger partial charge in [0.1, 0.15) is 0 Å². The fourth-order valence-electron chi connectivity index (χ4n) is 5.85. The first-order valence-corrected chi connectivity index (χ1v) is 16.8. The second-order valence-electron chi connectivity index (χ2n) is 12.8. The summed E-state index contributed by atoms with van der Waals surface area (Å²) < 4.78 is 3.68. The van der Waals surface area contributed by atoms with Gasteiger partial charge in [0.05, 0.1) is 22.6 Å². The van der Waals surface area contributed by atoms with Gasteiger partial charge in [-0.3, -0.25) is 21.1 Å². The molecule has 4 aromatic carbocycles. The molecule has 0 spiro atoms. The van der Waals surface area contributed by atoms with Crippen molar-refractivity contribution in [2.45, 2.75) is 73.1 Å². The Labute approximate surface area is 296 Å². The van der Waals surface area contributed by atoms with E-state index in [0.717, 1.165) is 22.4 Å². The molecule has 6 heteroatoms. The third-order valence-corrected chi connectivity index (χ3v) is 9.02. The average molecular weight is 820 g/mol. The number of fused-ring (bicyclic) bond motifs is 2. The number of allylic oxidation sites excluding steroid dienone is 2. The Hall–Kier alpha value is -3.83. The minimum atomic E-state index is -0.125. The van der Waals surface area contributed by atoms with E-state index in [1.54, 1.807) is 11.3 Å². The van der Waals surface area contributed by atoms with E-state index in [9.17, 15) is 4.79 Å². The molecule has 0 amide bonds. The van der Waals surface area contributed by atoms with Crippen molar-refractivity contribution in [3.05, 3.63) is 119 Å². The minimum absolute atomic E-state index is 0. The van der Waals surface area contributed by atoms with E-state index in [-0.39, 0.29) is 31.6 Å². The Morgan fingerprint density at radius 3 is 1.98 bits per heavy atom. The van der Waals surface area contributed by atoms with Crippen molar-refractivity contribution in [2.24, 2.45) is 0 Å². The zero-order valence-electron chi connectivity index (χ0n) is 28.4. The molecule has 6 rings (SSSR count). The second-order valence-corrected chi connectivity index (χ2v) is 13.7. The van der Waals surface area contributed by atoms with Gasteiger partial charge in [-0.05, 0) is 78.1 Å². The molecular weight excluding hydrogens is 777 g/mol. The molecule has 0 saturated heterocycles. The average Bonchev–Trinajstić information content (AvgIpc) is 3.61. The van der Waals surface area contributed by atoms with Crippen molar-refractivity contribution < 1.29 is 30.0 Å². The van der Waals surface area contributed by atoms with Crippen LogP contribution in [-0.2, 0) is 24.9 Å². The SMILES string of the molecule is CC(=O)/C=C(/C)O.CC(C)c1ccc2s[c-]c(-c3nc4ccccc4n3-c3c(C(C)C)cc(-c4ccccc4)cc3C(C)C)c2c1.[Ir]. The van der Waals surface area contributed by atoms with Crippen molar-refractivity contribution in [1.29, 1.82) is 0 Å². The molecule has 245 valence electrons. The number of carbonyl (C=O) groups is 1. The largest absolute Gasteiger partial charge is 0.512 e. The van der Waals surface area contributed by atoms with Crippen molar-refractivity contribution in [3.63, 3.8) is 0 Å². The van der Waals surface area contributed by atoms with Crippen LogP contribution in [0.3, 0.4) is 0 Å². The fourth-order valence-corrected chi connectivity index (χ4v) is 6.67. The summed E-state index contributed by atoms with van der Waals surface area (Å²) in [6, 6.07) is 30.9.